The highest BCUT2D eigenvalue weighted by atomic mass is 16.1. The van der Waals surface area contributed by atoms with Crippen LogP contribution in [0, 0.1) is 25.2 Å². The van der Waals surface area contributed by atoms with Crippen molar-refractivity contribution in [2.45, 2.75) is 59.0 Å². The molecule has 148 valence electrons. The molecule has 1 aliphatic rings. The van der Waals surface area contributed by atoms with E-state index in [0.717, 1.165) is 35.5 Å². The highest BCUT2D eigenvalue weighted by Crippen LogP contribution is 2.26. The Balaban J connectivity index is 1.53. The van der Waals surface area contributed by atoms with Gasteiger partial charge in [-0.2, -0.15) is 10.4 Å². The minimum absolute atomic E-state index is 0.0541. The van der Waals surface area contributed by atoms with E-state index in [-0.39, 0.29) is 5.91 Å². The number of anilines is 1. The second-order valence-electron chi connectivity index (χ2n) is 7.55. The fourth-order valence-electron chi connectivity index (χ4n) is 3.95. The number of amides is 1. The number of rotatable bonds is 7. The number of hydrogen-bond donors (Lipinski definition) is 1. The number of nitrogens with zero attached hydrogens (tertiary/aromatic N) is 4. The summed E-state index contributed by atoms with van der Waals surface area (Å²) in [6.45, 7) is 6.25. The van der Waals surface area contributed by atoms with E-state index in [1.807, 2.05) is 18.5 Å². The number of carbonyl (C=O) groups is 1. The van der Waals surface area contributed by atoms with Crippen LogP contribution < -0.4 is 10.2 Å². The Kier molecular flexibility index (Phi) is 6.35. The third kappa shape index (κ3) is 4.53. The molecule has 0 atom stereocenters. The summed E-state index contributed by atoms with van der Waals surface area (Å²) in [7, 11) is 2.13. The van der Waals surface area contributed by atoms with Gasteiger partial charge in [-0.05, 0) is 55.9 Å². The normalized spacial score (nSPS) is 13.1. The Labute approximate surface area is 167 Å². The van der Waals surface area contributed by atoms with E-state index in [2.05, 4.69) is 46.6 Å². The molecule has 1 aliphatic heterocycles. The van der Waals surface area contributed by atoms with Gasteiger partial charge in [-0.3, -0.25) is 9.48 Å². The quantitative estimate of drug-likeness (QED) is 0.802. The fourth-order valence-corrected chi connectivity index (χ4v) is 3.95. The molecule has 6 nitrogen and oxygen atoms in total. The first-order chi connectivity index (χ1) is 13.5. The Morgan fingerprint density at radius 1 is 1.36 bits per heavy atom. The molecule has 1 aromatic carbocycles. The number of hydrogen-bond acceptors (Lipinski definition) is 4. The van der Waals surface area contributed by atoms with Crippen LogP contribution in [0.25, 0.3) is 0 Å². The molecule has 0 radical (unpaired) electrons. The highest BCUT2D eigenvalue weighted by Gasteiger charge is 2.15. The van der Waals surface area contributed by atoms with E-state index >= 15 is 0 Å². The molecule has 28 heavy (non-hydrogen) atoms. The zero-order chi connectivity index (χ0) is 20.1. The summed E-state index contributed by atoms with van der Waals surface area (Å²) in [5.41, 5.74) is 6.95. The SMILES string of the molecule is Cc1nn(CCC#N)c(C)c1CCC(=O)NCc1ccc2c(c1)CCCN2C. The first-order valence-electron chi connectivity index (χ1n) is 9.99. The average molecular weight is 380 g/mol. The van der Waals surface area contributed by atoms with Crippen LogP contribution in [-0.4, -0.2) is 29.3 Å². The Morgan fingerprint density at radius 3 is 2.96 bits per heavy atom. The van der Waals surface area contributed by atoms with Crippen LogP contribution >= 0.6 is 0 Å². The van der Waals surface area contributed by atoms with Gasteiger partial charge in [0.15, 0.2) is 0 Å². The lowest BCUT2D eigenvalue weighted by molar-refractivity contribution is -0.121. The number of nitriles is 1. The molecule has 6 heteroatoms. The number of benzene rings is 1. The molecule has 2 aromatic rings. The van der Waals surface area contributed by atoms with Crippen LogP contribution in [-0.2, 0) is 30.7 Å². The molecule has 0 fully saturated rings. The molecular weight excluding hydrogens is 350 g/mol. The first-order valence-corrected chi connectivity index (χ1v) is 9.99. The van der Waals surface area contributed by atoms with Crippen LogP contribution in [0.4, 0.5) is 5.69 Å². The summed E-state index contributed by atoms with van der Waals surface area (Å²) < 4.78 is 1.87. The summed E-state index contributed by atoms with van der Waals surface area (Å²) in [4.78, 5) is 14.6. The molecular formula is C22H29N5O. The molecule has 0 bridgehead atoms. The van der Waals surface area contributed by atoms with Crippen molar-refractivity contribution in [1.82, 2.24) is 15.1 Å². The van der Waals surface area contributed by atoms with Gasteiger partial charge in [0, 0.05) is 37.9 Å². The first kappa shape index (κ1) is 19.9. The fraction of sp³-hybridized carbons (Fsp3) is 0.500. The van der Waals surface area contributed by atoms with Crippen LogP contribution in [0.15, 0.2) is 18.2 Å². The summed E-state index contributed by atoms with van der Waals surface area (Å²) in [6.07, 6.45) is 3.85. The Bertz CT molecular complexity index is 893. The van der Waals surface area contributed by atoms with Crippen molar-refractivity contribution >= 4 is 11.6 Å². The van der Waals surface area contributed by atoms with Crippen molar-refractivity contribution in [2.75, 3.05) is 18.5 Å². The van der Waals surface area contributed by atoms with Crippen molar-refractivity contribution in [3.05, 3.63) is 46.3 Å². The Hall–Kier alpha value is -2.81. The van der Waals surface area contributed by atoms with Crippen LogP contribution in [0.2, 0.25) is 0 Å². The molecule has 1 aromatic heterocycles. The number of carbonyl (C=O) groups excluding carboxylic acids is 1. The van der Waals surface area contributed by atoms with Crippen LogP contribution in [0.5, 0.6) is 0 Å². The zero-order valence-corrected chi connectivity index (χ0v) is 17.1. The minimum Gasteiger partial charge on any atom is -0.374 e. The second-order valence-corrected chi connectivity index (χ2v) is 7.55. The van der Waals surface area contributed by atoms with Crippen molar-refractivity contribution in [1.29, 1.82) is 5.26 Å². The van der Waals surface area contributed by atoms with Crippen molar-refractivity contribution in [3.63, 3.8) is 0 Å². The lowest BCUT2D eigenvalue weighted by Gasteiger charge is -2.27. The molecule has 0 spiro atoms. The van der Waals surface area contributed by atoms with Gasteiger partial charge in [-0.15, -0.1) is 0 Å². The molecule has 0 saturated heterocycles. The molecule has 3 rings (SSSR count). The van der Waals surface area contributed by atoms with E-state index < -0.39 is 0 Å². The third-order valence-electron chi connectivity index (χ3n) is 5.55. The zero-order valence-electron chi connectivity index (χ0n) is 17.1. The summed E-state index contributed by atoms with van der Waals surface area (Å²) in [6, 6.07) is 8.64. The second kappa shape index (κ2) is 8.92. The summed E-state index contributed by atoms with van der Waals surface area (Å²) >= 11 is 0. The van der Waals surface area contributed by atoms with E-state index in [1.165, 1.54) is 17.7 Å². The van der Waals surface area contributed by atoms with E-state index in [9.17, 15) is 4.79 Å². The van der Waals surface area contributed by atoms with Gasteiger partial charge in [0.05, 0.1) is 24.7 Å². The third-order valence-corrected chi connectivity index (χ3v) is 5.55. The van der Waals surface area contributed by atoms with Crippen LogP contribution in [0.3, 0.4) is 0 Å². The number of fused-ring (bicyclic) bond motifs is 1. The largest absolute Gasteiger partial charge is 0.374 e. The van der Waals surface area contributed by atoms with Gasteiger partial charge >= 0.3 is 0 Å². The smallest absolute Gasteiger partial charge is 0.220 e. The average Bonchev–Trinajstić information content (AvgIpc) is 2.96. The van der Waals surface area contributed by atoms with Crippen LogP contribution in [0.1, 0.15) is 47.3 Å². The van der Waals surface area contributed by atoms with Gasteiger partial charge in [0.2, 0.25) is 5.91 Å². The van der Waals surface area contributed by atoms with Gasteiger partial charge in [-0.25, -0.2) is 0 Å². The topological polar surface area (TPSA) is 73.9 Å². The lowest BCUT2D eigenvalue weighted by atomic mass is 9.99. The number of aryl methyl sites for hydroxylation is 3. The minimum atomic E-state index is 0.0541. The standard InChI is InChI=1S/C22H29N5O/c1-16-20(17(2)27(25-16)13-5-11-23)8-10-22(28)24-15-18-7-9-21-19(14-18)6-4-12-26(21)3/h7,9,14H,4-6,8,10,12-13,15H2,1-3H3,(H,24,28). The Morgan fingerprint density at radius 2 is 2.18 bits per heavy atom. The molecule has 0 saturated carbocycles. The van der Waals surface area contributed by atoms with Gasteiger partial charge in [-0.1, -0.05) is 12.1 Å². The number of nitrogens with one attached hydrogen (secondary N) is 1. The van der Waals surface area contributed by atoms with E-state index in [0.29, 0.717) is 32.4 Å². The maximum atomic E-state index is 12.3. The summed E-state index contributed by atoms with van der Waals surface area (Å²) in [5, 5.41) is 16.3. The van der Waals surface area contributed by atoms with E-state index in [4.69, 9.17) is 5.26 Å². The van der Waals surface area contributed by atoms with Crippen molar-refractivity contribution in [2.24, 2.45) is 0 Å². The van der Waals surface area contributed by atoms with Gasteiger partial charge in [0.25, 0.3) is 0 Å². The summed E-state index contributed by atoms with van der Waals surface area (Å²) in [5.74, 6) is 0.0541. The molecule has 1 N–H and O–H groups in total. The maximum absolute atomic E-state index is 12.3. The predicted octanol–water partition coefficient (Wildman–Crippen LogP) is 3.05. The van der Waals surface area contributed by atoms with Gasteiger partial charge < -0.3 is 10.2 Å². The monoisotopic (exact) mass is 379 g/mol. The predicted molar refractivity (Wildman–Crippen MR) is 110 cm³/mol. The molecule has 0 unspecified atom stereocenters. The molecule has 1 amide bonds. The maximum Gasteiger partial charge on any atom is 0.220 e. The molecule has 2 heterocycles. The highest BCUT2D eigenvalue weighted by molar-refractivity contribution is 5.76. The van der Waals surface area contributed by atoms with Crippen molar-refractivity contribution < 1.29 is 4.79 Å². The molecule has 0 aliphatic carbocycles. The lowest BCUT2D eigenvalue weighted by Crippen LogP contribution is -2.26. The van der Waals surface area contributed by atoms with Crippen molar-refractivity contribution in [3.8, 4) is 6.07 Å². The number of aromatic nitrogens is 2. The van der Waals surface area contributed by atoms with E-state index in [1.54, 1.807) is 0 Å². The van der Waals surface area contributed by atoms with Gasteiger partial charge in [0.1, 0.15) is 0 Å².